The van der Waals surface area contributed by atoms with E-state index in [1.54, 1.807) is 6.07 Å². The topological polar surface area (TPSA) is 24.9 Å². The standard InChI is InChI=1S/C10H13FN2/c11-10-9(2-1-4-13-10)6-8-3-5-12-7-8/h1-2,4,8,12H,3,5-7H2. The molecule has 1 unspecified atom stereocenters. The number of nitrogens with zero attached hydrogens (tertiary/aromatic N) is 1. The van der Waals surface area contributed by atoms with Crippen molar-refractivity contribution >= 4 is 0 Å². The molecule has 1 atom stereocenters. The van der Waals surface area contributed by atoms with Crippen LogP contribution in [0, 0.1) is 11.9 Å². The zero-order valence-electron chi connectivity index (χ0n) is 7.46. The number of halogens is 1. The fourth-order valence-electron chi connectivity index (χ4n) is 1.77. The molecule has 1 N–H and O–H groups in total. The second kappa shape index (κ2) is 3.83. The summed E-state index contributed by atoms with van der Waals surface area (Å²) in [5.41, 5.74) is 0.746. The molecule has 0 bridgehead atoms. The van der Waals surface area contributed by atoms with E-state index in [4.69, 9.17) is 0 Å². The first-order valence-electron chi connectivity index (χ1n) is 4.66. The fraction of sp³-hybridized carbons (Fsp3) is 0.500. The Balaban J connectivity index is 2.04. The smallest absolute Gasteiger partial charge is 0.216 e. The summed E-state index contributed by atoms with van der Waals surface area (Å²) in [6.45, 7) is 2.07. The highest BCUT2D eigenvalue weighted by Gasteiger charge is 2.16. The van der Waals surface area contributed by atoms with Gasteiger partial charge >= 0.3 is 0 Å². The predicted octanol–water partition coefficient (Wildman–Crippen LogP) is 1.37. The predicted molar refractivity (Wildman–Crippen MR) is 48.9 cm³/mol. The third-order valence-electron chi connectivity index (χ3n) is 2.51. The molecule has 1 aliphatic heterocycles. The van der Waals surface area contributed by atoms with Crippen LogP contribution in [0.25, 0.3) is 0 Å². The number of rotatable bonds is 2. The molecule has 3 heteroatoms. The molecule has 13 heavy (non-hydrogen) atoms. The van der Waals surface area contributed by atoms with E-state index < -0.39 is 0 Å². The quantitative estimate of drug-likeness (QED) is 0.695. The lowest BCUT2D eigenvalue weighted by molar-refractivity contribution is 0.523. The van der Waals surface area contributed by atoms with Crippen molar-refractivity contribution in [2.75, 3.05) is 13.1 Å². The monoisotopic (exact) mass is 180 g/mol. The average molecular weight is 180 g/mol. The number of hydrogen-bond acceptors (Lipinski definition) is 2. The van der Waals surface area contributed by atoms with Crippen molar-refractivity contribution in [2.45, 2.75) is 12.8 Å². The van der Waals surface area contributed by atoms with Crippen LogP contribution in [0.4, 0.5) is 4.39 Å². The second-order valence-electron chi connectivity index (χ2n) is 3.52. The van der Waals surface area contributed by atoms with Crippen molar-refractivity contribution in [1.82, 2.24) is 10.3 Å². The Morgan fingerprint density at radius 1 is 1.62 bits per heavy atom. The highest BCUT2D eigenvalue weighted by Crippen LogP contribution is 2.15. The van der Waals surface area contributed by atoms with Crippen LogP contribution in [0.3, 0.4) is 0 Å². The number of hydrogen-bond donors (Lipinski definition) is 1. The summed E-state index contributed by atoms with van der Waals surface area (Å²) in [5.74, 6) is 0.271. The molecule has 2 rings (SSSR count). The van der Waals surface area contributed by atoms with E-state index in [-0.39, 0.29) is 5.95 Å². The van der Waals surface area contributed by atoms with Gasteiger partial charge < -0.3 is 5.32 Å². The van der Waals surface area contributed by atoms with Crippen molar-refractivity contribution in [1.29, 1.82) is 0 Å². The van der Waals surface area contributed by atoms with Gasteiger partial charge in [-0.05, 0) is 37.9 Å². The number of aromatic nitrogens is 1. The minimum atomic E-state index is -0.311. The van der Waals surface area contributed by atoms with Gasteiger partial charge in [0.15, 0.2) is 0 Å². The van der Waals surface area contributed by atoms with Crippen LogP contribution in [-0.2, 0) is 6.42 Å². The SMILES string of the molecule is Fc1ncccc1CC1CCNC1. The highest BCUT2D eigenvalue weighted by atomic mass is 19.1. The zero-order chi connectivity index (χ0) is 9.10. The molecule has 70 valence electrons. The molecule has 2 heterocycles. The average Bonchev–Trinajstić information content (AvgIpc) is 2.61. The molecule has 0 aliphatic carbocycles. The van der Waals surface area contributed by atoms with Crippen LogP contribution in [-0.4, -0.2) is 18.1 Å². The molecule has 0 radical (unpaired) electrons. The van der Waals surface area contributed by atoms with Gasteiger partial charge in [-0.25, -0.2) is 4.98 Å². The van der Waals surface area contributed by atoms with E-state index >= 15 is 0 Å². The summed E-state index contributed by atoms with van der Waals surface area (Å²) in [6.07, 6.45) is 3.45. The van der Waals surface area contributed by atoms with Gasteiger partial charge in [-0.2, -0.15) is 4.39 Å². The van der Waals surface area contributed by atoms with E-state index in [2.05, 4.69) is 10.3 Å². The van der Waals surface area contributed by atoms with Crippen LogP contribution >= 0.6 is 0 Å². The Morgan fingerprint density at radius 3 is 3.23 bits per heavy atom. The molecule has 0 amide bonds. The van der Waals surface area contributed by atoms with Gasteiger partial charge in [-0.1, -0.05) is 6.07 Å². The third-order valence-corrected chi connectivity index (χ3v) is 2.51. The van der Waals surface area contributed by atoms with E-state index in [0.29, 0.717) is 5.92 Å². The van der Waals surface area contributed by atoms with E-state index in [1.807, 2.05) is 6.07 Å². The molecule has 0 aromatic carbocycles. The lowest BCUT2D eigenvalue weighted by Crippen LogP contribution is -2.11. The number of nitrogens with one attached hydrogen (secondary N) is 1. The van der Waals surface area contributed by atoms with Gasteiger partial charge in [-0.3, -0.25) is 0 Å². The molecule has 0 saturated carbocycles. The van der Waals surface area contributed by atoms with Gasteiger partial charge in [0.05, 0.1) is 0 Å². The van der Waals surface area contributed by atoms with Crippen molar-refractivity contribution in [3.05, 3.63) is 29.8 Å². The fourth-order valence-corrected chi connectivity index (χ4v) is 1.77. The molecule has 0 spiro atoms. The van der Waals surface area contributed by atoms with Crippen molar-refractivity contribution < 1.29 is 4.39 Å². The molecular formula is C10H13FN2. The summed E-state index contributed by atoms with van der Waals surface area (Å²) in [4.78, 5) is 3.63. The van der Waals surface area contributed by atoms with Gasteiger partial charge in [-0.15, -0.1) is 0 Å². The first-order valence-corrected chi connectivity index (χ1v) is 4.66. The molecule has 1 aliphatic rings. The lowest BCUT2D eigenvalue weighted by atomic mass is 10.00. The molecule has 1 aromatic rings. The van der Waals surface area contributed by atoms with Crippen LogP contribution in [0.5, 0.6) is 0 Å². The van der Waals surface area contributed by atoms with Gasteiger partial charge in [0.2, 0.25) is 5.95 Å². The maximum atomic E-state index is 13.1. The second-order valence-corrected chi connectivity index (χ2v) is 3.52. The van der Waals surface area contributed by atoms with E-state index in [0.717, 1.165) is 31.5 Å². The summed E-state index contributed by atoms with van der Waals surface area (Å²) in [5, 5.41) is 3.27. The van der Waals surface area contributed by atoms with Crippen molar-refractivity contribution in [3.63, 3.8) is 0 Å². The van der Waals surface area contributed by atoms with Crippen LogP contribution in [0.2, 0.25) is 0 Å². The molecule has 1 saturated heterocycles. The minimum absolute atomic E-state index is 0.311. The summed E-state index contributed by atoms with van der Waals surface area (Å²) < 4.78 is 13.1. The first kappa shape index (κ1) is 8.63. The Labute approximate surface area is 77.2 Å². The maximum Gasteiger partial charge on any atom is 0.216 e. The maximum absolute atomic E-state index is 13.1. The van der Waals surface area contributed by atoms with Crippen LogP contribution in [0.15, 0.2) is 18.3 Å². The number of pyridine rings is 1. The van der Waals surface area contributed by atoms with Crippen LogP contribution in [0.1, 0.15) is 12.0 Å². The first-order chi connectivity index (χ1) is 6.36. The van der Waals surface area contributed by atoms with E-state index in [9.17, 15) is 4.39 Å². The molecule has 1 aromatic heterocycles. The minimum Gasteiger partial charge on any atom is -0.316 e. The summed E-state index contributed by atoms with van der Waals surface area (Å²) >= 11 is 0. The molecule has 2 nitrogen and oxygen atoms in total. The third kappa shape index (κ3) is 2.04. The lowest BCUT2D eigenvalue weighted by Gasteiger charge is -2.07. The Kier molecular flexibility index (Phi) is 2.54. The highest BCUT2D eigenvalue weighted by molar-refractivity contribution is 5.11. The van der Waals surface area contributed by atoms with Gasteiger partial charge in [0, 0.05) is 11.8 Å². The van der Waals surface area contributed by atoms with Crippen molar-refractivity contribution in [3.8, 4) is 0 Å². The molecule has 1 fully saturated rings. The summed E-state index contributed by atoms with van der Waals surface area (Å²) in [6, 6.07) is 3.61. The largest absolute Gasteiger partial charge is 0.316 e. The van der Waals surface area contributed by atoms with Crippen LogP contribution < -0.4 is 5.32 Å². The van der Waals surface area contributed by atoms with Gasteiger partial charge in [0.25, 0.3) is 0 Å². The van der Waals surface area contributed by atoms with Gasteiger partial charge in [0.1, 0.15) is 0 Å². The zero-order valence-corrected chi connectivity index (χ0v) is 7.46. The van der Waals surface area contributed by atoms with E-state index in [1.165, 1.54) is 6.20 Å². The van der Waals surface area contributed by atoms with Crippen molar-refractivity contribution in [2.24, 2.45) is 5.92 Å². The normalized spacial score (nSPS) is 22.1. The molecular weight excluding hydrogens is 167 g/mol. The Morgan fingerprint density at radius 2 is 2.54 bits per heavy atom. The Bertz CT molecular complexity index is 282. The Hall–Kier alpha value is -0.960. The summed E-state index contributed by atoms with van der Waals surface area (Å²) in [7, 11) is 0.